The summed E-state index contributed by atoms with van der Waals surface area (Å²) < 4.78 is 5.59. The number of hydrogen-bond acceptors (Lipinski definition) is 2. The van der Waals surface area contributed by atoms with Gasteiger partial charge in [-0.05, 0) is 12.1 Å². The Bertz CT molecular complexity index is 433. The van der Waals surface area contributed by atoms with E-state index in [2.05, 4.69) is 5.32 Å². The Morgan fingerprint density at radius 2 is 2.33 bits per heavy atom. The van der Waals surface area contributed by atoms with Crippen LogP contribution in [0.4, 0.5) is 0 Å². The highest BCUT2D eigenvalue weighted by atomic mass is 35.5. The summed E-state index contributed by atoms with van der Waals surface area (Å²) in [7, 11) is 0. The molecule has 2 heterocycles. The summed E-state index contributed by atoms with van der Waals surface area (Å²) in [6.45, 7) is 0.594. The van der Waals surface area contributed by atoms with E-state index in [0.29, 0.717) is 18.1 Å². The third-order valence-corrected chi connectivity index (χ3v) is 3.23. The van der Waals surface area contributed by atoms with Gasteiger partial charge >= 0.3 is 0 Å². The highest BCUT2D eigenvalue weighted by Crippen LogP contribution is 2.40. The molecule has 2 aliphatic rings. The molecule has 2 aliphatic heterocycles. The lowest BCUT2D eigenvalue weighted by Gasteiger charge is -2.27. The first-order valence-electron chi connectivity index (χ1n) is 4.95. The number of benzene rings is 1. The zero-order valence-electron chi connectivity index (χ0n) is 8.00. The van der Waals surface area contributed by atoms with Crippen LogP contribution in [0.3, 0.4) is 0 Å². The minimum atomic E-state index is 0.108. The molecule has 0 bridgehead atoms. The van der Waals surface area contributed by atoms with Crippen LogP contribution < -0.4 is 10.1 Å². The van der Waals surface area contributed by atoms with Crippen molar-refractivity contribution in [3.63, 3.8) is 0 Å². The SMILES string of the molecule is O=C1C[C@H]2COc3cc(Cl)ccc3[C@H]2N1. The highest BCUT2D eigenvalue weighted by Gasteiger charge is 2.38. The van der Waals surface area contributed by atoms with Crippen molar-refractivity contribution < 1.29 is 9.53 Å². The number of fused-ring (bicyclic) bond motifs is 3. The summed E-state index contributed by atoms with van der Waals surface area (Å²) in [6, 6.07) is 5.67. The molecule has 78 valence electrons. The number of amides is 1. The number of carbonyl (C=O) groups is 1. The molecule has 1 fully saturated rings. The van der Waals surface area contributed by atoms with E-state index in [1.165, 1.54) is 0 Å². The van der Waals surface area contributed by atoms with E-state index in [1.54, 1.807) is 6.07 Å². The summed E-state index contributed by atoms with van der Waals surface area (Å²) in [5.74, 6) is 1.17. The summed E-state index contributed by atoms with van der Waals surface area (Å²) in [5, 5.41) is 3.63. The first-order valence-corrected chi connectivity index (χ1v) is 5.33. The molecule has 1 N–H and O–H groups in total. The summed E-state index contributed by atoms with van der Waals surface area (Å²) in [5.41, 5.74) is 1.04. The van der Waals surface area contributed by atoms with Gasteiger partial charge in [-0.3, -0.25) is 4.79 Å². The van der Waals surface area contributed by atoms with Crippen LogP contribution in [-0.4, -0.2) is 12.5 Å². The molecular formula is C11H10ClNO2. The molecule has 1 amide bonds. The van der Waals surface area contributed by atoms with E-state index < -0.39 is 0 Å². The molecule has 2 atom stereocenters. The van der Waals surface area contributed by atoms with Gasteiger partial charge in [0.2, 0.25) is 5.91 Å². The second-order valence-electron chi connectivity index (χ2n) is 4.00. The average Bonchev–Trinajstić information content (AvgIpc) is 2.58. The molecule has 15 heavy (non-hydrogen) atoms. The predicted molar refractivity (Wildman–Crippen MR) is 55.9 cm³/mol. The molecule has 0 aliphatic carbocycles. The summed E-state index contributed by atoms with van der Waals surface area (Å²) in [6.07, 6.45) is 0.562. The molecular weight excluding hydrogens is 214 g/mol. The maximum atomic E-state index is 11.3. The van der Waals surface area contributed by atoms with E-state index in [9.17, 15) is 4.79 Å². The zero-order valence-corrected chi connectivity index (χ0v) is 8.75. The monoisotopic (exact) mass is 223 g/mol. The molecule has 1 aromatic carbocycles. The molecule has 3 nitrogen and oxygen atoms in total. The Labute approximate surface area is 92.4 Å². The number of rotatable bonds is 0. The van der Waals surface area contributed by atoms with Crippen molar-refractivity contribution in [3.8, 4) is 5.75 Å². The van der Waals surface area contributed by atoms with Gasteiger partial charge in [0, 0.05) is 22.9 Å². The van der Waals surface area contributed by atoms with Crippen LogP contribution >= 0.6 is 11.6 Å². The fraction of sp³-hybridized carbons (Fsp3) is 0.364. The topological polar surface area (TPSA) is 38.3 Å². The van der Waals surface area contributed by atoms with E-state index in [4.69, 9.17) is 16.3 Å². The molecule has 0 radical (unpaired) electrons. The van der Waals surface area contributed by atoms with Gasteiger partial charge in [-0.1, -0.05) is 17.7 Å². The fourth-order valence-electron chi connectivity index (χ4n) is 2.28. The van der Waals surface area contributed by atoms with Crippen LogP contribution in [0.15, 0.2) is 18.2 Å². The van der Waals surface area contributed by atoms with Crippen LogP contribution in [0.2, 0.25) is 5.02 Å². The lowest BCUT2D eigenvalue weighted by atomic mass is 9.92. The maximum Gasteiger partial charge on any atom is 0.220 e. The van der Waals surface area contributed by atoms with Crippen molar-refractivity contribution in [1.29, 1.82) is 0 Å². The Balaban J connectivity index is 2.05. The van der Waals surface area contributed by atoms with Gasteiger partial charge < -0.3 is 10.1 Å². The molecule has 0 spiro atoms. The van der Waals surface area contributed by atoms with Gasteiger partial charge in [-0.2, -0.15) is 0 Å². The number of carbonyl (C=O) groups excluding carboxylic acids is 1. The van der Waals surface area contributed by atoms with Gasteiger partial charge in [0.1, 0.15) is 5.75 Å². The maximum absolute atomic E-state index is 11.3. The predicted octanol–water partition coefficient (Wildman–Crippen LogP) is 1.91. The van der Waals surface area contributed by atoms with Crippen LogP contribution in [0.25, 0.3) is 0 Å². The molecule has 0 saturated carbocycles. The molecule has 3 rings (SSSR count). The van der Waals surface area contributed by atoms with E-state index >= 15 is 0 Å². The Hall–Kier alpha value is -1.22. The van der Waals surface area contributed by atoms with Crippen LogP contribution in [0.5, 0.6) is 5.75 Å². The van der Waals surface area contributed by atoms with Crippen molar-refractivity contribution in [2.45, 2.75) is 12.5 Å². The molecule has 1 saturated heterocycles. The standard InChI is InChI=1S/C11H10ClNO2/c12-7-1-2-8-9(4-7)15-5-6-3-10(14)13-11(6)8/h1-2,4,6,11H,3,5H2,(H,13,14)/t6-,11-/m0/s1. The third kappa shape index (κ3) is 1.38. The largest absolute Gasteiger partial charge is 0.493 e. The Kier molecular flexibility index (Phi) is 1.89. The van der Waals surface area contributed by atoms with Crippen molar-refractivity contribution >= 4 is 17.5 Å². The quantitative estimate of drug-likeness (QED) is 0.730. The van der Waals surface area contributed by atoms with Crippen molar-refractivity contribution in [3.05, 3.63) is 28.8 Å². The van der Waals surface area contributed by atoms with Crippen LogP contribution in [0, 0.1) is 5.92 Å². The number of ether oxygens (including phenoxy) is 1. The fourth-order valence-corrected chi connectivity index (χ4v) is 2.44. The molecule has 1 aromatic rings. The number of halogens is 1. The normalized spacial score (nSPS) is 27.7. The zero-order chi connectivity index (χ0) is 10.4. The molecule has 0 aromatic heterocycles. The van der Waals surface area contributed by atoms with Crippen molar-refractivity contribution in [2.75, 3.05) is 6.61 Å². The second kappa shape index (κ2) is 3.14. The Morgan fingerprint density at radius 3 is 3.20 bits per heavy atom. The van der Waals surface area contributed by atoms with Crippen molar-refractivity contribution in [1.82, 2.24) is 5.32 Å². The van der Waals surface area contributed by atoms with E-state index in [1.807, 2.05) is 12.1 Å². The van der Waals surface area contributed by atoms with Gasteiger partial charge in [0.25, 0.3) is 0 Å². The van der Waals surface area contributed by atoms with Crippen LogP contribution in [0.1, 0.15) is 18.0 Å². The number of nitrogens with one attached hydrogen (secondary N) is 1. The third-order valence-electron chi connectivity index (χ3n) is 3.00. The van der Waals surface area contributed by atoms with E-state index in [-0.39, 0.29) is 17.9 Å². The Morgan fingerprint density at radius 1 is 1.47 bits per heavy atom. The van der Waals surface area contributed by atoms with Gasteiger partial charge in [0.05, 0.1) is 12.6 Å². The lowest BCUT2D eigenvalue weighted by molar-refractivity contribution is -0.119. The summed E-state index contributed by atoms with van der Waals surface area (Å²) >= 11 is 5.88. The second-order valence-corrected chi connectivity index (χ2v) is 4.44. The highest BCUT2D eigenvalue weighted by molar-refractivity contribution is 6.30. The first kappa shape index (κ1) is 9.04. The molecule has 0 unspecified atom stereocenters. The van der Waals surface area contributed by atoms with Gasteiger partial charge in [-0.15, -0.1) is 0 Å². The number of hydrogen-bond donors (Lipinski definition) is 1. The minimum Gasteiger partial charge on any atom is -0.493 e. The van der Waals surface area contributed by atoms with Crippen LogP contribution in [-0.2, 0) is 4.79 Å². The molecule has 4 heteroatoms. The first-order chi connectivity index (χ1) is 7.24. The lowest BCUT2D eigenvalue weighted by Crippen LogP contribution is -2.27. The van der Waals surface area contributed by atoms with Crippen molar-refractivity contribution in [2.24, 2.45) is 5.92 Å². The average molecular weight is 224 g/mol. The van der Waals surface area contributed by atoms with Gasteiger partial charge in [-0.25, -0.2) is 0 Å². The van der Waals surface area contributed by atoms with E-state index in [0.717, 1.165) is 11.3 Å². The van der Waals surface area contributed by atoms with Gasteiger partial charge in [0.15, 0.2) is 0 Å². The smallest absolute Gasteiger partial charge is 0.220 e. The minimum absolute atomic E-state index is 0.108. The summed E-state index contributed by atoms with van der Waals surface area (Å²) in [4.78, 5) is 11.3.